The Labute approximate surface area is 507 Å². The number of unbranched alkanes of at least 4 members (excludes halogenated alkanes) is 44. The number of carbonyl (C=O) groups is 1. The van der Waals surface area contributed by atoms with Crippen molar-refractivity contribution in [3.8, 4) is 0 Å². The predicted molar refractivity (Wildman–Crippen MR) is 337 cm³/mol. The quantitative estimate of drug-likeness (QED) is 0.0204. The molecule has 0 radical (unpaired) electrons. The highest BCUT2D eigenvalue weighted by Gasteiger charge is 2.51. The zero-order valence-corrected chi connectivity index (χ0v) is 53.5. The Balaban J connectivity index is 1.54. The third-order valence-electron chi connectivity index (χ3n) is 17.7. The van der Waals surface area contributed by atoms with E-state index in [9.17, 15) is 45.6 Å². The summed E-state index contributed by atoms with van der Waals surface area (Å²) < 4.78 is 22.9. The van der Waals surface area contributed by atoms with Gasteiger partial charge in [0, 0.05) is 6.42 Å². The first-order valence-corrected chi connectivity index (χ1v) is 35.4. The number of amides is 1. The van der Waals surface area contributed by atoms with Gasteiger partial charge in [0.2, 0.25) is 5.91 Å². The highest BCUT2D eigenvalue weighted by Crippen LogP contribution is 2.30. The molecule has 2 aliphatic heterocycles. The number of carbonyl (C=O) groups excluding carboxylic acids is 1. The van der Waals surface area contributed by atoms with Gasteiger partial charge in [-0.3, -0.25) is 4.79 Å². The molecule has 2 rings (SSSR count). The number of rotatable bonds is 59. The first-order chi connectivity index (χ1) is 40.6. The maximum Gasteiger partial charge on any atom is 0.220 e. The smallest absolute Gasteiger partial charge is 0.220 e. The second-order valence-electron chi connectivity index (χ2n) is 25.4. The van der Waals surface area contributed by atoms with Crippen LogP contribution in [0.1, 0.15) is 328 Å². The molecule has 14 nitrogen and oxygen atoms in total. The molecule has 0 saturated carbocycles. The van der Waals surface area contributed by atoms with Crippen molar-refractivity contribution >= 4 is 5.91 Å². The Morgan fingerprint density at radius 1 is 0.422 bits per heavy atom. The molecule has 83 heavy (non-hydrogen) atoms. The Morgan fingerprint density at radius 2 is 0.759 bits per heavy atom. The van der Waals surface area contributed by atoms with Gasteiger partial charge >= 0.3 is 0 Å². The first-order valence-electron chi connectivity index (χ1n) is 35.4. The molecule has 0 bridgehead atoms. The number of hydrogen-bond acceptors (Lipinski definition) is 13. The van der Waals surface area contributed by atoms with Crippen molar-refractivity contribution < 1.29 is 64.6 Å². The number of ether oxygens (including phenoxy) is 4. The van der Waals surface area contributed by atoms with Gasteiger partial charge in [-0.1, -0.05) is 296 Å². The summed E-state index contributed by atoms with van der Waals surface area (Å²) in [7, 11) is 0. The fourth-order valence-electron chi connectivity index (χ4n) is 12.1. The van der Waals surface area contributed by atoms with Crippen LogP contribution in [0.4, 0.5) is 0 Å². The number of aliphatic hydroxyl groups excluding tert-OH is 8. The SMILES string of the molecule is CCCCCCCCCC/C=C\CCCCCCCCCCCCCCCCCCCCCCCCCCCC(=O)NC(COC1OC(CO)C(OC2OC(CO)C(O)C(O)C2O)C(O)C1O)C(O)CCCCCCCCCCCCCC. The van der Waals surface area contributed by atoms with Gasteiger partial charge in [0.1, 0.15) is 48.8 Å². The highest BCUT2D eigenvalue weighted by atomic mass is 16.7. The summed E-state index contributed by atoms with van der Waals surface area (Å²) in [5, 5.41) is 87.3. The van der Waals surface area contributed by atoms with E-state index in [1.165, 1.54) is 250 Å². The second-order valence-corrected chi connectivity index (χ2v) is 25.4. The molecular weight excluding hydrogens is 1050 g/mol. The normalized spacial score (nSPS) is 23.8. The number of hydrogen-bond donors (Lipinski definition) is 9. The Hall–Kier alpha value is -1.27. The fraction of sp³-hybridized carbons (Fsp3) is 0.957. The van der Waals surface area contributed by atoms with Crippen LogP contribution in [0, 0.1) is 0 Å². The van der Waals surface area contributed by atoms with Gasteiger partial charge in [-0.25, -0.2) is 0 Å². The third-order valence-corrected chi connectivity index (χ3v) is 17.7. The summed E-state index contributed by atoms with van der Waals surface area (Å²) in [6.07, 6.45) is 49.8. The van der Waals surface area contributed by atoms with E-state index < -0.39 is 86.8 Å². The van der Waals surface area contributed by atoms with Gasteiger partial charge < -0.3 is 65.1 Å². The molecule has 2 aliphatic rings. The van der Waals surface area contributed by atoms with Crippen molar-refractivity contribution in [2.75, 3.05) is 19.8 Å². The molecule has 12 unspecified atom stereocenters. The second kappa shape index (κ2) is 54.8. The van der Waals surface area contributed by atoms with E-state index in [4.69, 9.17) is 18.9 Å². The molecule has 1 amide bonds. The maximum absolute atomic E-state index is 13.3. The number of allylic oxidation sites excluding steroid dienone is 2. The minimum Gasteiger partial charge on any atom is -0.394 e. The highest BCUT2D eigenvalue weighted by molar-refractivity contribution is 5.76. The van der Waals surface area contributed by atoms with Crippen molar-refractivity contribution in [2.24, 2.45) is 0 Å². The van der Waals surface area contributed by atoms with Gasteiger partial charge in [0.25, 0.3) is 0 Å². The van der Waals surface area contributed by atoms with Crippen LogP contribution in [-0.4, -0.2) is 140 Å². The lowest BCUT2D eigenvalue weighted by atomic mass is 9.97. The molecule has 0 aliphatic carbocycles. The molecule has 9 N–H and O–H groups in total. The molecule has 2 fully saturated rings. The molecule has 0 aromatic rings. The monoisotopic (exact) mass is 1180 g/mol. The molecule has 0 spiro atoms. The lowest BCUT2D eigenvalue weighted by molar-refractivity contribution is -0.359. The molecule has 0 aromatic heterocycles. The van der Waals surface area contributed by atoms with Crippen molar-refractivity contribution in [3.63, 3.8) is 0 Å². The van der Waals surface area contributed by atoms with Crippen LogP contribution in [-0.2, 0) is 23.7 Å². The summed E-state index contributed by atoms with van der Waals surface area (Å²) in [6, 6.07) is -0.824. The van der Waals surface area contributed by atoms with Gasteiger partial charge in [-0.05, 0) is 38.5 Å². The Bertz CT molecular complexity index is 1440. The van der Waals surface area contributed by atoms with Gasteiger partial charge in [-0.2, -0.15) is 0 Å². The van der Waals surface area contributed by atoms with Crippen LogP contribution in [0.5, 0.6) is 0 Å². The summed E-state index contributed by atoms with van der Waals surface area (Å²) >= 11 is 0. The largest absolute Gasteiger partial charge is 0.394 e. The zero-order chi connectivity index (χ0) is 60.2. The Morgan fingerprint density at radius 3 is 1.14 bits per heavy atom. The van der Waals surface area contributed by atoms with Crippen molar-refractivity contribution in [2.45, 2.75) is 402 Å². The van der Waals surface area contributed by atoms with Crippen molar-refractivity contribution in [1.29, 1.82) is 0 Å². The van der Waals surface area contributed by atoms with Crippen LogP contribution < -0.4 is 5.32 Å². The maximum atomic E-state index is 13.3. The lowest BCUT2D eigenvalue weighted by Crippen LogP contribution is -2.65. The van der Waals surface area contributed by atoms with Gasteiger partial charge in [-0.15, -0.1) is 0 Å². The third kappa shape index (κ3) is 39.4. The van der Waals surface area contributed by atoms with E-state index in [0.717, 1.165) is 51.4 Å². The minimum absolute atomic E-state index is 0.200. The number of nitrogens with one attached hydrogen (secondary N) is 1. The predicted octanol–water partition coefficient (Wildman–Crippen LogP) is 14.2. The van der Waals surface area contributed by atoms with Crippen LogP contribution >= 0.6 is 0 Å². The zero-order valence-electron chi connectivity index (χ0n) is 53.5. The van der Waals surface area contributed by atoms with Crippen LogP contribution in [0.15, 0.2) is 12.2 Å². The van der Waals surface area contributed by atoms with Crippen LogP contribution in [0.25, 0.3) is 0 Å². The Kier molecular flexibility index (Phi) is 51.4. The van der Waals surface area contributed by atoms with E-state index >= 15 is 0 Å². The van der Waals surface area contributed by atoms with Gasteiger partial charge in [0.05, 0.1) is 32.0 Å². The molecule has 492 valence electrons. The summed E-state index contributed by atoms with van der Waals surface area (Å²) in [4.78, 5) is 13.3. The number of aliphatic hydroxyl groups is 8. The first kappa shape index (κ1) is 77.8. The lowest BCUT2D eigenvalue weighted by Gasteiger charge is -2.46. The molecular formula is C69H133NO13. The van der Waals surface area contributed by atoms with E-state index in [-0.39, 0.29) is 12.5 Å². The van der Waals surface area contributed by atoms with E-state index in [1.807, 2.05) is 0 Å². The molecule has 12 atom stereocenters. The van der Waals surface area contributed by atoms with Gasteiger partial charge in [0.15, 0.2) is 12.6 Å². The van der Waals surface area contributed by atoms with Crippen LogP contribution in [0.3, 0.4) is 0 Å². The topological polar surface area (TPSA) is 228 Å². The standard InChI is InChI=1S/C69H133NO13/c1-3-5-7-9-11-13-15-17-18-19-20-21-22-23-24-25-26-27-28-29-30-31-32-33-34-35-36-37-38-39-40-41-43-45-47-49-51-53-61(74)70-57(58(73)52-50-48-46-44-42-16-14-12-10-8-6-4-2)56-80-68-66(79)64(77)67(60(55-72)82-68)83-69-65(78)63(76)62(75)59(54-71)81-69/h19-20,57-60,62-69,71-73,75-79H,3-18,21-56H2,1-2H3,(H,70,74)/b20-19-. The average molecular weight is 1180 g/mol. The summed E-state index contributed by atoms with van der Waals surface area (Å²) in [5.41, 5.74) is 0. The van der Waals surface area contributed by atoms with E-state index in [2.05, 4.69) is 31.3 Å². The van der Waals surface area contributed by atoms with Crippen LogP contribution in [0.2, 0.25) is 0 Å². The van der Waals surface area contributed by atoms with Crippen molar-refractivity contribution in [3.05, 3.63) is 12.2 Å². The summed E-state index contributed by atoms with van der Waals surface area (Å²) in [5.74, 6) is -0.200. The van der Waals surface area contributed by atoms with Crippen molar-refractivity contribution in [1.82, 2.24) is 5.32 Å². The molecule has 14 heteroatoms. The fourth-order valence-corrected chi connectivity index (χ4v) is 12.1. The van der Waals surface area contributed by atoms with E-state index in [0.29, 0.717) is 12.8 Å². The minimum atomic E-state index is -1.78. The molecule has 2 saturated heterocycles. The average Bonchev–Trinajstić information content (AvgIpc) is 3.58. The van der Waals surface area contributed by atoms with E-state index in [1.54, 1.807) is 0 Å². The molecule has 2 heterocycles. The summed E-state index contributed by atoms with van der Waals surface area (Å²) in [6.45, 7) is 2.89. The molecule has 0 aromatic carbocycles.